The van der Waals surface area contributed by atoms with Crippen LogP contribution in [0.25, 0.3) is 0 Å². The lowest BCUT2D eigenvalue weighted by atomic mass is 9.89. The Morgan fingerprint density at radius 3 is 2.74 bits per heavy atom. The Hall–Kier alpha value is -2.69. The molecule has 0 saturated heterocycles. The van der Waals surface area contributed by atoms with E-state index in [1.54, 1.807) is 18.0 Å². The van der Waals surface area contributed by atoms with Crippen LogP contribution in [0.15, 0.2) is 48.5 Å². The van der Waals surface area contributed by atoms with E-state index in [1.165, 1.54) is 12.1 Å². The van der Waals surface area contributed by atoms with Gasteiger partial charge in [0.2, 0.25) is 11.8 Å². The highest BCUT2D eigenvalue weighted by Gasteiger charge is 2.32. The maximum Gasteiger partial charge on any atom is 0.230 e. The Labute approximate surface area is 133 Å². The summed E-state index contributed by atoms with van der Waals surface area (Å²) in [5, 5.41) is 2.62. The standard InChI is InChI=1S/C18H17FN2O2/c1-21(11-12-5-3-2-4-6-12)18(23)15-10-17(22)20-16-9-13(19)7-8-14(15)16/h2-9,15H,10-11H2,1H3,(H,20,22)/t15-/m0/s1. The molecule has 0 radical (unpaired) electrons. The highest BCUT2D eigenvalue weighted by atomic mass is 19.1. The second kappa shape index (κ2) is 6.20. The molecule has 0 bridgehead atoms. The molecule has 1 heterocycles. The van der Waals surface area contributed by atoms with E-state index in [4.69, 9.17) is 0 Å². The average Bonchev–Trinajstić information content (AvgIpc) is 2.53. The van der Waals surface area contributed by atoms with Crippen LogP contribution in [0.1, 0.15) is 23.5 Å². The zero-order valence-corrected chi connectivity index (χ0v) is 12.8. The number of nitrogens with zero attached hydrogens (tertiary/aromatic N) is 1. The van der Waals surface area contributed by atoms with E-state index in [0.29, 0.717) is 17.8 Å². The third kappa shape index (κ3) is 3.23. The first-order chi connectivity index (χ1) is 11.0. The molecule has 0 spiro atoms. The number of likely N-dealkylation sites (N-methyl/N-ethyl adjacent to an activating group) is 1. The van der Waals surface area contributed by atoms with Crippen molar-refractivity contribution in [2.75, 3.05) is 12.4 Å². The Morgan fingerprint density at radius 2 is 2.00 bits per heavy atom. The van der Waals surface area contributed by atoms with Crippen LogP contribution in [-0.2, 0) is 16.1 Å². The molecule has 23 heavy (non-hydrogen) atoms. The highest BCUT2D eigenvalue weighted by molar-refractivity contribution is 6.01. The van der Waals surface area contributed by atoms with E-state index in [9.17, 15) is 14.0 Å². The number of carbonyl (C=O) groups is 2. The average molecular weight is 312 g/mol. The van der Waals surface area contributed by atoms with Crippen LogP contribution in [0.2, 0.25) is 0 Å². The monoisotopic (exact) mass is 312 g/mol. The molecule has 3 rings (SSSR count). The molecule has 0 unspecified atom stereocenters. The van der Waals surface area contributed by atoms with Crippen LogP contribution in [0.5, 0.6) is 0 Å². The molecule has 0 saturated carbocycles. The number of hydrogen-bond donors (Lipinski definition) is 1. The van der Waals surface area contributed by atoms with Crippen LogP contribution >= 0.6 is 0 Å². The summed E-state index contributed by atoms with van der Waals surface area (Å²) in [7, 11) is 1.71. The fourth-order valence-corrected chi connectivity index (χ4v) is 2.86. The van der Waals surface area contributed by atoms with E-state index in [1.807, 2.05) is 30.3 Å². The maximum atomic E-state index is 13.3. The van der Waals surface area contributed by atoms with Crippen molar-refractivity contribution in [3.05, 3.63) is 65.5 Å². The van der Waals surface area contributed by atoms with Gasteiger partial charge >= 0.3 is 0 Å². The number of benzene rings is 2. The lowest BCUT2D eigenvalue weighted by Gasteiger charge is -2.28. The molecule has 1 aliphatic rings. The number of fused-ring (bicyclic) bond motifs is 1. The molecule has 1 aliphatic heterocycles. The van der Waals surface area contributed by atoms with Gasteiger partial charge in [0.1, 0.15) is 5.82 Å². The first-order valence-corrected chi connectivity index (χ1v) is 7.43. The Bertz CT molecular complexity index is 746. The molecule has 0 aliphatic carbocycles. The molecule has 2 amide bonds. The number of carbonyl (C=O) groups excluding carboxylic acids is 2. The molecule has 118 valence electrons. The van der Waals surface area contributed by atoms with Crippen molar-refractivity contribution in [3.8, 4) is 0 Å². The van der Waals surface area contributed by atoms with Crippen molar-refractivity contribution in [2.45, 2.75) is 18.9 Å². The van der Waals surface area contributed by atoms with Crippen molar-refractivity contribution in [2.24, 2.45) is 0 Å². The molecule has 2 aromatic rings. The van der Waals surface area contributed by atoms with E-state index >= 15 is 0 Å². The van der Waals surface area contributed by atoms with Gasteiger partial charge in [-0.2, -0.15) is 0 Å². The number of halogens is 1. The quantitative estimate of drug-likeness (QED) is 0.947. The summed E-state index contributed by atoms with van der Waals surface area (Å²) in [4.78, 5) is 26.2. The van der Waals surface area contributed by atoms with Crippen molar-refractivity contribution in [3.63, 3.8) is 0 Å². The lowest BCUT2D eigenvalue weighted by molar-refractivity contribution is -0.134. The second-order valence-electron chi connectivity index (χ2n) is 5.72. The van der Waals surface area contributed by atoms with Crippen molar-refractivity contribution in [1.29, 1.82) is 0 Å². The summed E-state index contributed by atoms with van der Waals surface area (Å²) in [5.41, 5.74) is 2.06. The highest BCUT2D eigenvalue weighted by Crippen LogP contribution is 2.34. The molecule has 1 atom stereocenters. The number of amides is 2. The number of rotatable bonds is 3. The largest absolute Gasteiger partial charge is 0.341 e. The van der Waals surface area contributed by atoms with Crippen molar-refractivity contribution < 1.29 is 14.0 Å². The summed E-state index contributed by atoms with van der Waals surface area (Å²) in [5.74, 6) is -1.42. The summed E-state index contributed by atoms with van der Waals surface area (Å²) >= 11 is 0. The predicted octanol–water partition coefficient (Wildman–Crippen LogP) is 2.91. The fourth-order valence-electron chi connectivity index (χ4n) is 2.86. The van der Waals surface area contributed by atoms with Gasteiger partial charge in [-0.15, -0.1) is 0 Å². The number of anilines is 1. The Morgan fingerprint density at radius 1 is 1.26 bits per heavy atom. The summed E-state index contributed by atoms with van der Waals surface area (Å²) < 4.78 is 13.3. The van der Waals surface area contributed by atoms with Crippen molar-refractivity contribution >= 4 is 17.5 Å². The van der Waals surface area contributed by atoms with Gasteiger partial charge in [0.25, 0.3) is 0 Å². The van der Waals surface area contributed by atoms with Gasteiger partial charge in [-0.1, -0.05) is 36.4 Å². The minimum atomic E-state index is -0.576. The van der Waals surface area contributed by atoms with Gasteiger partial charge in [0.15, 0.2) is 0 Å². The molecule has 4 nitrogen and oxygen atoms in total. The molecular formula is C18H17FN2O2. The van der Waals surface area contributed by atoms with Gasteiger partial charge in [-0.3, -0.25) is 9.59 Å². The Kier molecular flexibility index (Phi) is 4.10. The number of hydrogen-bond acceptors (Lipinski definition) is 2. The normalized spacial score (nSPS) is 16.4. The molecule has 2 aromatic carbocycles. The lowest BCUT2D eigenvalue weighted by Crippen LogP contribution is -2.36. The minimum absolute atomic E-state index is 0.0800. The number of nitrogens with one attached hydrogen (secondary N) is 1. The predicted molar refractivity (Wildman–Crippen MR) is 85.3 cm³/mol. The summed E-state index contributed by atoms with van der Waals surface area (Å²) in [6.07, 6.45) is 0.0800. The van der Waals surface area contributed by atoms with Crippen LogP contribution in [0.3, 0.4) is 0 Å². The van der Waals surface area contributed by atoms with Crippen LogP contribution < -0.4 is 5.32 Å². The molecular weight excluding hydrogens is 295 g/mol. The molecule has 5 heteroatoms. The topological polar surface area (TPSA) is 49.4 Å². The third-order valence-corrected chi connectivity index (χ3v) is 3.99. The fraction of sp³-hybridized carbons (Fsp3) is 0.222. The van der Waals surface area contributed by atoms with Gasteiger partial charge in [-0.25, -0.2) is 4.39 Å². The van der Waals surface area contributed by atoms with Gasteiger partial charge < -0.3 is 10.2 Å². The van der Waals surface area contributed by atoms with Gasteiger partial charge in [0.05, 0.1) is 5.92 Å². The summed E-state index contributed by atoms with van der Waals surface area (Å²) in [6.45, 7) is 0.467. The molecule has 1 N–H and O–H groups in total. The zero-order chi connectivity index (χ0) is 16.4. The first kappa shape index (κ1) is 15.2. The van der Waals surface area contributed by atoms with Crippen molar-refractivity contribution in [1.82, 2.24) is 4.90 Å². The zero-order valence-electron chi connectivity index (χ0n) is 12.8. The van der Waals surface area contributed by atoms with E-state index in [2.05, 4.69) is 5.32 Å². The summed E-state index contributed by atoms with van der Waals surface area (Å²) in [6, 6.07) is 13.8. The van der Waals surface area contributed by atoms with Crippen LogP contribution in [0.4, 0.5) is 10.1 Å². The minimum Gasteiger partial charge on any atom is -0.341 e. The third-order valence-electron chi connectivity index (χ3n) is 3.99. The molecule has 0 fully saturated rings. The molecule has 0 aromatic heterocycles. The van der Waals surface area contributed by atoms with Crippen LogP contribution in [0, 0.1) is 5.82 Å². The smallest absolute Gasteiger partial charge is 0.230 e. The Balaban J connectivity index is 1.83. The maximum absolute atomic E-state index is 13.3. The SMILES string of the molecule is CN(Cc1ccccc1)C(=O)[C@H]1CC(=O)Nc2cc(F)ccc21. The first-order valence-electron chi connectivity index (χ1n) is 7.43. The second-order valence-corrected chi connectivity index (χ2v) is 5.72. The van der Waals surface area contributed by atoms with Crippen LogP contribution in [-0.4, -0.2) is 23.8 Å². The van der Waals surface area contributed by atoms with E-state index in [0.717, 1.165) is 5.56 Å². The van der Waals surface area contributed by atoms with Gasteiger partial charge in [-0.05, 0) is 23.3 Å². The van der Waals surface area contributed by atoms with E-state index < -0.39 is 11.7 Å². The van der Waals surface area contributed by atoms with Gasteiger partial charge in [0, 0.05) is 25.7 Å². The van der Waals surface area contributed by atoms with E-state index in [-0.39, 0.29) is 18.2 Å².